The zero-order valence-corrected chi connectivity index (χ0v) is 14.2. The van der Waals surface area contributed by atoms with E-state index < -0.39 is 0 Å². The summed E-state index contributed by atoms with van der Waals surface area (Å²) < 4.78 is 1.85. The number of thiophene rings is 1. The Morgan fingerprint density at radius 2 is 2.08 bits per heavy atom. The number of pyridine rings is 1. The molecule has 0 fully saturated rings. The van der Waals surface area contributed by atoms with Crippen molar-refractivity contribution in [2.75, 3.05) is 5.32 Å². The minimum atomic E-state index is -0.192. The third kappa shape index (κ3) is 2.31. The Bertz CT molecular complexity index is 974. The maximum Gasteiger partial charge on any atom is 0.226 e. The van der Waals surface area contributed by atoms with Gasteiger partial charge in [-0.15, -0.1) is 16.4 Å². The SMILES string of the molecule is O=C1CCCC2=C1C(c1cccs1)n1nc(-c3ccncc3)nc1N2. The lowest BCUT2D eigenvalue weighted by atomic mass is 9.88. The van der Waals surface area contributed by atoms with Gasteiger partial charge in [-0.3, -0.25) is 9.78 Å². The van der Waals surface area contributed by atoms with Crippen molar-refractivity contribution >= 4 is 23.1 Å². The van der Waals surface area contributed by atoms with Crippen LogP contribution in [0.4, 0.5) is 5.95 Å². The van der Waals surface area contributed by atoms with E-state index in [9.17, 15) is 4.79 Å². The van der Waals surface area contributed by atoms with Crippen molar-refractivity contribution in [3.05, 3.63) is 58.2 Å². The lowest BCUT2D eigenvalue weighted by Gasteiger charge is -2.31. The van der Waals surface area contributed by atoms with E-state index >= 15 is 0 Å². The van der Waals surface area contributed by atoms with Crippen LogP contribution in [0.1, 0.15) is 30.2 Å². The summed E-state index contributed by atoms with van der Waals surface area (Å²) in [6.45, 7) is 0. The third-order valence-electron chi connectivity index (χ3n) is 4.62. The molecular formula is C18H15N5OS. The Hall–Kier alpha value is -2.80. The second-order valence-corrected chi connectivity index (χ2v) is 7.13. The van der Waals surface area contributed by atoms with Gasteiger partial charge in [-0.05, 0) is 36.4 Å². The molecule has 25 heavy (non-hydrogen) atoms. The molecule has 2 aliphatic rings. The number of nitrogens with one attached hydrogen (secondary N) is 1. The average molecular weight is 349 g/mol. The van der Waals surface area contributed by atoms with Crippen LogP contribution in [0.25, 0.3) is 11.4 Å². The summed E-state index contributed by atoms with van der Waals surface area (Å²) in [7, 11) is 0. The summed E-state index contributed by atoms with van der Waals surface area (Å²) >= 11 is 1.64. The maximum absolute atomic E-state index is 12.7. The highest BCUT2D eigenvalue weighted by Gasteiger charge is 2.37. The summed E-state index contributed by atoms with van der Waals surface area (Å²) in [5.74, 6) is 1.54. The Balaban J connectivity index is 1.68. The van der Waals surface area contributed by atoms with Gasteiger partial charge >= 0.3 is 0 Å². The number of hydrogen-bond acceptors (Lipinski definition) is 6. The number of anilines is 1. The quantitative estimate of drug-likeness (QED) is 0.767. The highest BCUT2D eigenvalue weighted by Crippen LogP contribution is 2.41. The predicted molar refractivity (Wildman–Crippen MR) is 95.2 cm³/mol. The van der Waals surface area contributed by atoms with Crippen LogP contribution in [0.2, 0.25) is 0 Å². The van der Waals surface area contributed by atoms with Gasteiger partial charge in [0, 0.05) is 40.5 Å². The molecule has 124 valence electrons. The van der Waals surface area contributed by atoms with Crippen molar-refractivity contribution in [2.45, 2.75) is 25.3 Å². The smallest absolute Gasteiger partial charge is 0.226 e. The van der Waals surface area contributed by atoms with Gasteiger partial charge in [0.1, 0.15) is 6.04 Å². The van der Waals surface area contributed by atoms with Crippen molar-refractivity contribution in [1.82, 2.24) is 19.7 Å². The van der Waals surface area contributed by atoms with Gasteiger partial charge < -0.3 is 5.32 Å². The molecule has 1 aliphatic carbocycles. The Morgan fingerprint density at radius 1 is 1.20 bits per heavy atom. The number of carbonyl (C=O) groups excluding carboxylic acids is 1. The largest absolute Gasteiger partial charge is 0.328 e. The first-order chi connectivity index (χ1) is 12.3. The van der Waals surface area contributed by atoms with E-state index in [2.05, 4.69) is 21.4 Å². The van der Waals surface area contributed by atoms with Gasteiger partial charge in [-0.1, -0.05) is 6.07 Å². The second kappa shape index (κ2) is 5.63. The van der Waals surface area contributed by atoms with Gasteiger partial charge in [0.25, 0.3) is 0 Å². The molecule has 3 aromatic heterocycles. The molecule has 0 amide bonds. The van der Waals surface area contributed by atoms with E-state index in [1.54, 1.807) is 23.7 Å². The van der Waals surface area contributed by atoms with Crippen LogP contribution in [0.3, 0.4) is 0 Å². The van der Waals surface area contributed by atoms with E-state index in [1.807, 2.05) is 28.3 Å². The van der Waals surface area contributed by atoms with Gasteiger partial charge in [0.15, 0.2) is 11.6 Å². The summed E-state index contributed by atoms with van der Waals surface area (Å²) in [5, 5.41) is 10.1. The Kier molecular flexibility index (Phi) is 3.27. The van der Waals surface area contributed by atoms with E-state index in [0.717, 1.165) is 34.6 Å². The molecule has 1 aliphatic heterocycles. The molecular weight excluding hydrogens is 334 g/mol. The van der Waals surface area contributed by atoms with Crippen molar-refractivity contribution < 1.29 is 4.79 Å². The first-order valence-electron chi connectivity index (χ1n) is 8.25. The number of allylic oxidation sites excluding steroid dienone is 2. The van der Waals surface area contributed by atoms with E-state index in [-0.39, 0.29) is 11.8 Å². The number of ketones is 1. The number of Topliss-reactive ketones (excluding diaryl/α,β-unsaturated/α-hetero) is 1. The van der Waals surface area contributed by atoms with Gasteiger partial charge in [-0.2, -0.15) is 4.98 Å². The van der Waals surface area contributed by atoms with Crippen LogP contribution < -0.4 is 5.32 Å². The van der Waals surface area contributed by atoms with Crippen LogP contribution in [-0.2, 0) is 4.79 Å². The first kappa shape index (κ1) is 14.5. The van der Waals surface area contributed by atoms with E-state index in [4.69, 9.17) is 5.10 Å². The number of fused-ring (bicyclic) bond motifs is 1. The molecule has 5 rings (SSSR count). The highest BCUT2D eigenvalue weighted by molar-refractivity contribution is 7.10. The molecule has 1 atom stereocenters. The second-order valence-electron chi connectivity index (χ2n) is 6.15. The average Bonchev–Trinajstić information content (AvgIpc) is 3.30. The molecule has 3 aromatic rings. The molecule has 0 spiro atoms. The molecule has 0 radical (unpaired) electrons. The van der Waals surface area contributed by atoms with Crippen molar-refractivity contribution in [2.24, 2.45) is 0 Å². The van der Waals surface area contributed by atoms with E-state index in [1.165, 1.54) is 0 Å². The minimum Gasteiger partial charge on any atom is -0.328 e. The highest BCUT2D eigenvalue weighted by atomic mass is 32.1. The fourth-order valence-corrected chi connectivity index (χ4v) is 4.31. The van der Waals surface area contributed by atoms with Crippen molar-refractivity contribution in [1.29, 1.82) is 0 Å². The molecule has 0 bridgehead atoms. The fourth-order valence-electron chi connectivity index (χ4n) is 3.49. The standard InChI is InChI=1S/C18H15N5OS/c24-13-4-1-3-12-15(13)16(14-5-2-10-25-14)23-18(20-12)21-17(22-23)11-6-8-19-9-7-11/h2,5-10,16H,1,3-4H2,(H,20,21,22). The minimum absolute atomic E-state index is 0.192. The van der Waals surface area contributed by atoms with Crippen LogP contribution in [0, 0.1) is 0 Å². The molecule has 1 unspecified atom stereocenters. The summed E-state index contributed by atoms with van der Waals surface area (Å²) in [6, 6.07) is 7.66. The molecule has 4 heterocycles. The van der Waals surface area contributed by atoms with Crippen molar-refractivity contribution in [3.63, 3.8) is 0 Å². The number of rotatable bonds is 2. The molecule has 1 N–H and O–H groups in total. The third-order valence-corrected chi connectivity index (χ3v) is 5.54. The monoisotopic (exact) mass is 349 g/mol. The Labute approximate surface area is 148 Å². The number of aromatic nitrogens is 4. The van der Waals surface area contributed by atoms with E-state index in [0.29, 0.717) is 18.2 Å². The van der Waals surface area contributed by atoms with Crippen molar-refractivity contribution in [3.8, 4) is 11.4 Å². The maximum atomic E-state index is 12.7. The summed E-state index contributed by atoms with van der Waals surface area (Å²) in [4.78, 5) is 22.5. The molecule has 0 aromatic carbocycles. The molecule has 6 nitrogen and oxygen atoms in total. The van der Waals surface area contributed by atoms with Crippen LogP contribution in [0.5, 0.6) is 0 Å². The Morgan fingerprint density at radius 3 is 2.88 bits per heavy atom. The summed E-state index contributed by atoms with van der Waals surface area (Å²) in [5.41, 5.74) is 2.75. The lowest BCUT2D eigenvalue weighted by molar-refractivity contribution is -0.116. The normalized spacial score (nSPS) is 19.4. The lowest BCUT2D eigenvalue weighted by Crippen LogP contribution is -2.31. The molecule has 0 saturated heterocycles. The first-order valence-corrected chi connectivity index (χ1v) is 9.13. The number of carbonyl (C=O) groups is 1. The number of nitrogens with zero attached hydrogens (tertiary/aromatic N) is 4. The fraction of sp³-hybridized carbons (Fsp3) is 0.222. The van der Waals surface area contributed by atoms with Crippen LogP contribution in [0.15, 0.2) is 53.3 Å². The summed E-state index contributed by atoms with van der Waals surface area (Å²) in [6.07, 6.45) is 5.82. The van der Waals surface area contributed by atoms with Crippen LogP contribution >= 0.6 is 11.3 Å². The predicted octanol–water partition coefficient (Wildman–Crippen LogP) is 3.42. The van der Waals surface area contributed by atoms with Gasteiger partial charge in [-0.25, -0.2) is 4.68 Å². The zero-order valence-electron chi connectivity index (χ0n) is 13.3. The topological polar surface area (TPSA) is 72.7 Å². The van der Waals surface area contributed by atoms with Gasteiger partial charge in [0.2, 0.25) is 5.95 Å². The zero-order chi connectivity index (χ0) is 16.8. The molecule has 0 saturated carbocycles. The molecule has 7 heteroatoms. The van der Waals surface area contributed by atoms with Gasteiger partial charge in [0.05, 0.1) is 0 Å². The van der Waals surface area contributed by atoms with Crippen LogP contribution in [-0.4, -0.2) is 25.5 Å². The number of hydrogen-bond donors (Lipinski definition) is 1.